The van der Waals surface area contributed by atoms with Crippen molar-refractivity contribution in [1.82, 2.24) is 0 Å². The number of hydrogen-bond acceptors (Lipinski definition) is 3. The smallest absolute Gasteiger partial charge is 0.122 e. The van der Waals surface area contributed by atoms with Crippen LogP contribution in [-0.2, 0) is 6.42 Å². The molecule has 102 valence electrons. The number of rotatable bonds is 6. The van der Waals surface area contributed by atoms with Crippen LogP contribution in [0.2, 0.25) is 0 Å². The summed E-state index contributed by atoms with van der Waals surface area (Å²) in [4.78, 5) is 0. The van der Waals surface area contributed by atoms with Crippen molar-refractivity contribution in [3.63, 3.8) is 0 Å². The normalized spacial score (nSPS) is 12.8. The minimum absolute atomic E-state index is 0.395. The van der Waals surface area contributed by atoms with Crippen LogP contribution in [0.1, 0.15) is 23.6 Å². The summed E-state index contributed by atoms with van der Waals surface area (Å²) in [7, 11) is 1.71. The van der Waals surface area contributed by atoms with Gasteiger partial charge in [-0.05, 0) is 68.0 Å². The minimum Gasteiger partial charge on any atom is -0.496 e. The van der Waals surface area contributed by atoms with Gasteiger partial charge in [-0.3, -0.25) is 0 Å². The summed E-state index contributed by atoms with van der Waals surface area (Å²) in [5, 5.41) is 0. The Morgan fingerprint density at radius 1 is 1.11 bits per heavy atom. The second-order valence-electron chi connectivity index (χ2n) is 5.09. The van der Waals surface area contributed by atoms with Crippen molar-refractivity contribution < 1.29 is 4.74 Å². The quantitative estimate of drug-likeness (QED) is 0.812. The highest BCUT2D eigenvalue weighted by molar-refractivity contribution is 5.43. The molecular weight excluding hydrogens is 224 g/mol. The highest BCUT2D eigenvalue weighted by atomic mass is 16.5. The van der Waals surface area contributed by atoms with Crippen LogP contribution in [0, 0.1) is 25.7 Å². The third-order valence-electron chi connectivity index (χ3n) is 4.02. The molecule has 0 aliphatic heterocycles. The Morgan fingerprint density at radius 3 is 2.22 bits per heavy atom. The lowest BCUT2D eigenvalue weighted by Crippen LogP contribution is -2.30. The van der Waals surface area contributed by atoms with E-state index in [4.69, 9.17) is 16.2 Å². The average molecular weight is 250 g/mol. The van der Waals surface area contributed by atoms with Crippen molar-refractivity contribution in [3.05, 3.63) is 28.8 Å². The third-order valence-corrected chi connectivity index (χ3v) is 4.02. The molecule has 18 heavy (non-hydrogen) atoms. The lowest BCUT2D eigenvalue weighted by atomic mass is 9.86. The van der Waals surface area contributed by atoms with Crippen molar-refractivity contribution >= 4 is 0 Å². The van der Waals surface area contributed by atoms with E-state index in [0.29, 0.717) is 24.9 Å². The first-order valence-corrected chi connectivity index (χ1v) is 6.58. The molecule has 1 aromatic carbocycles. The first kappa shape index (κ1) is 15.0. The monoisotopic (exact) mass is 250 g/mol. The number of ether oxygens (including phenoxy) is 1. The molecule has 0 heterocycles. The fourth-order valence-electron chi connectivity index (χ4n) is 2.37. The molecule has 3 nitrogen and oxygen atoms in total. The number of nitrogens with two attached hydrogens (primary N) is 2. The molecule has 1 aromatic rings. The molecule has 0 saturated heterocycles. The lowest BCUT2D eigenvalue weighted by Gasteiger charge is -2.22. The van der Waals surface area contributed by atoms with Crippen LogP contribution >= 0.6 is 0 Å². The van der Waals surface area contributed by atoms with Gasteiger partial charge in [0.25, 0.3) is 0 Å². The van der Waals surface area contributed by atoms with E-state index < -0.39 is 0 Å². The zero-order valence-electron chi connectivity index (χ0n) is 12.0. The van der Waals surface area contributed by atoms with Gasteiger partial charge in [-0.15, -0.1) is 0 Å². The van der Waals surface area contributed by atoms with Gasteiger partial charge in [0, 0.05) is 0 Å². The van der Waals surface area contributed by atoms with Crippen LogP contribution in [0.15, 0.2) is 12.1 Å². The van der Waals surface area contributed by atoms with Crippen molar-refractivity contribution in [2.24, 2.45) is 23.3 Å². The zero-order chi connectivity index (χ0) is 13.7. The topological polar surface area (TPSA) is 61.3 Å². The Kier molecular flexibility index (Phi) is 5.63. The molecule has 0 aromatic heterocycles. The fraction of sp³-hybridized carbons (Fsp3) is 0.600. The van der Waals surface area contributed by atoms with Gasteiger partial charge in [0.15, 0.2) is 0 Å². The van der Waals surface area contributed by atoms with Crippen molar-refractivity contribution in [2.45, 2.75) is 27.2 Å². The van der Waals surface area contributed by atoms with E-state index in [1.54, 1.807) is 7.11 Å². The second kappa shape index (κ2) is 6.76. The van der Waals surface area contributed by atoms with Gasteiger partial charge in [0.1, 0.15) is 5.75 Å². The van der Waals surface area contributed by atoms with Gasteiger partial charge >= 0.3 is 0 Å². The van der Waals surface area contributed by atoms with Gasteiger partial charge in [0.2, 0.25) is 0 Å². The summed E-state index contributed by atoms with van der Waals surface area (Å²) in [5.74, 6) is 1.86. The summed E-state index contributed by atoms with van der Waals surface area (Å²) in [6, 6.07) is 4.20. The maximum Gasteiger partial charge on any atom is 0.122 e. The zero-order valence-corrected chi connectivity index (χ0v) is 12.0. The summed E-state index contributed by atoms with van der Waals surface area (Å²) in [6.45, 7) is 7.80. The van der Waals surface area contributed by atoms with E-state index in [1.165, 1.54) is 16.7 Å². The number of benzene rings is 1. The molecule has 3 heteroatoms. The Labute approximate surface area is 111 Å². The van der Waals surface area contributed by atoms with Gasteiger partial charge in [-0.25, -0.2) is 0 Å². The first-order valence-electron chi connectivity index (χ1n) is 6.58. The predicted octanol–water partition coefficient (Wildman–Crippen LogP) is 2.02. The Morgan fingerprint density at radius 2 is 1.72 bits per heavy atom. The summed E-state index contributed by atoms with van der Waals surface area (Å²) >= 11 is 0. The minimum atomic E-state index is 0.395. The van der Waals surface area contributed by atoms with E-state index in [1.807, 2.05) is 6.07 Å². The highest BCUT2D eigenvalue weighted by Gasteiger charge is 2.16. The molecule has 0 saturated carbocycles. The van der Waals surface area contributed by atoms with Crippen LogP contribution in [-0.4, -0.2) is 20.2 Å². The fourth-order valence-corrected chi connectivity index (χ4v) is 2.37. The molecule has 0 amide bonds. The van der Waals surface area contributed by atoms with E-state index in [0.717, 1.165) is 12.2 Å². The molecule has 0 radical (unpaired) electrons. The molecule has 1 rings (SSSR count). The van der Waals surface area contributed by atoms with Gasteiger partial charge in [-0.2, -0.15) is 0 Å². The molecule has 0 aliphatic carbocycles. The summed E-state index contributed by atoms with van der Waals surface area (Å²) in [5.41, 5.74) is 15.4. The van der Waals surface area contributed by atoms with Crippen molar-refractivity contribution in [3.8, 4) is 5.75 Å². The summed E-state index contributed by atoms with van der Waals surface area (Å²) in [6.07, 6.45) is 1.02. The van der Waals surface area contributed by atoms with E-state index >= 15 is 0 Å². The second-order valence-corrected chi connectivity index (χ2v) is 5.09. The third kappa shape index (κ3) is 3.24. The van der Waals surface area contributed by atoms with Crippen LogP contribution in [0.3, 0.4) is 0 Å². The van der Waals surface area contributed by atoms with Crippen LogP contribution in [0.25, 0.3) is 0 Å². The van der Waals surface area contributed by atoms with Gasteiger partial charge in [-0.1, -0.05) is 13.0 Å². The Bertz CT molecular complexity index is 386. The molecule has 0 spiro atoms. The van der Waals surface area contributed by atoms with Gasteiger partial charge in [0.05, 0.1) is 7.11 Å². The molecule has 0 bridgehead atoms. The average Bonchev–Trinajstić information content (AvgIpc) is 2.37. The molecule has 0 fully saturated rings. The predicted molar refractivity (Wildman–Crippen MR) is 76.9 cm³/mol. The van der Waals surface area contributed by atoms with Crippen molar-refractivity contribution in [2.75, 3.05) is 20.2 Å². The van der Waals surface area contributed by atoms with E-state index in [9.17, 15) is 0 Å². The summed E-state index contributed by atoms with van der Waals surface area (Å²) < 4.78 is 5.34. The van der Waals surface area contributed by atoms with E-state index in [2.05, 4.69) is 26.8 Å². The Hall–Kier alpha value is -1.06. The van der Waals surface area contributed by atoms with Crippen LogP contribution in [0.4, 0.5) is 0 Å². The number of hydrogen-bond donors (Lipinski definition) is 2. The van der Waals surface area contributed by atoms with Crippen molar-refractivity contribution in [1.29, 1.82) is 0 Å². The highest BCUT2D eigenvalue weighted by Crippen LogP contribution is 2.26. The molecular formula is C15H26N2O. The van der Waals surface area contributed by atoms with Gasteiger partial charge < -0.3 is 16.2 Å². The molecule has 0 aliphatic rings. The maximum atomic E-state index is 5.75. The largest absolute Gasteiger partial charge is 0.496 e. The standard InChI is InChI=1S/C15H26N2O/c1-10(14(8-16)9-17)7-13-5-6-15(18-4)12(3)11(13)2/h5-6,10,14H,7-9,16-17H2,1-4H3. The number of methoxy groups -OCH3 is 1. The van der Waals surface area contributed by atoms with Crippen LogP contribution < -0.4 is 16.2 Å². The molecule has 1 atom stereocenters. The Balaban J connectivity index is 2.88. The SMILES string of the molecule is COc1ccc(CC(C)C(CN)CN)c(C)c1C. The molecule has 1 unspecified atom stereocenters. The van der Waals surface area contributed by atoms with E-state index in [-0.39, 0.29) is 0 Å². The molecule has 4 N–H and O–H groups in total. The lowest BCUT2D eigenvalue weighted by molar-refractivity contribution is 0.371. The van der Waals surface area contributed by atoms with Crippen LogP contribution in [0.5, 0.6) is 5.75 Å². The first-order chi connectivity index (χ1) is 8.54. The maximum absolute atomic E-state index is 5.75.